The van der Waals surface area contributed by atoms with Crippen molar-refractivity contribution in [3.05, 3.63) is 0 Å². The number of rotatable bonds is 2. The second kappa shape index (κ2) is 4.35. The summed E-state index contributed by atoms with van der Waals surface area (Å²) >= 11 is 0. The molecule has 2 nitrogen and oxygen atoms in total. The minimum atomic E-state index is 0. The van der Waals surface area contributed by atoms with Gasteiger partial charge in [0.1, 0.15) is 0 Å². The van der Waals surface area contributed by atoms with Crippen LogP contribution < -0.4 is 11.5 Å². The van der Waals surface area contributed by atoms with Crippen molar-refractivity contribution in [2.75, 3.05) is 13.1 Å². The predicted octanol–water partition coefficient (Wildman–Crippen LogP) is 1.70. The lowest BCUT2D eigenvalue weighted by Gasteiger charge is -2.25. The Bertz CT molecular complexity index is 147. The van der Waals surface area contributed by atoms with Crippen molar-refractivity contribution in [1.29, 1.82) is 0 Å². The first kappa shape index (κ1) is 13.5. The molecule has 0 spiro atoms. The van der Waals surface area contributed by atoms with Crippen LogP contribution in [0.25, 0.3) is 0 Å². The van der Waals surface area contributed by atoms with Crippen LogP contribution in [0.3, 0.4) is 0 Å². The molecule has 0 radical (unpaired) electrons. The summed E-state index contributed by atoms with van der Waals surface area (Å²) in [5.41, 5.74) is 12.6. The number of hydrogen-bond donors (Lipinski definition) is 2. The van der Waals surface area contributed by atoms with E-state index in [1.165, 1.54) is 32.1 Å². The molecule has 0 aliphatic heterocycles. The van der Waals surface area contributed by atoms with Crippen LogP contribution in [-0.2, 0) is 0 Å². The van der Waals surface area contributed by atoms with Crippen molar-refractivity contribution >= 4 is 24.8 Å². The lowest BCUT2D eigenvalue weighted by atomic mass is 9.82. The fourth-order valence-electron chi connectivity index (χ4n) is 3.01. The fourth-order valence-corrected chi connectivity index (χ4v) is 3.01. The first-order valence-corrected chi connectivity index (χ1v) is 4.64. The van der Waals surface area contributed by atoms with Crippen LogP contribution in [0, 0.1) is 10.8 Å². The largest absolute Gasteiger partial charge is 0.330 e. The summed E-state index contributed by atoms with van der Waals surface area (Å²) in [5.74, 6) is 0. The van der Waals surface area contributed by atoms with Gasteiger partial charge in [0, 0.05) is 0 Å². The molecule has 13 heavy (non-hydrogen) atoms. The Morgan fingerprint density at radius 1 is 0.769 bits per heavy atom. The van der Waals surface area contributed by atoms with Gasteiger partial charge in [-0.2, -0.15) is 0 Å². The maximum atomic E-state index is 5.78. The molecule has 0 heterocycles. The van der Waals surface area contributed by atoms with E-state index in [0.29, 0.717) is 10.8 Å². The molecule has 2 aliphatic carbocycles. The Labute approximate surface area is 92.6 Å². The van der Waals surface area contributed by atoms with Gasteiger partial charge in [-0.1, -0.05) is 0 Å². The van der Waals surface area contributed by atoms with Crippen LogP contribution in [0.15, 0.2) is 0 Å². The minimum Gasteiger partial charge on any atom is -0.330 e. The zero-order valence-corrected chi connectivity index (χ0v) is 9.55. The van der Waals surface area contributed by atoms with Crippen molar-refractivity contribution in [3.8, 4) is 0 Å². The maximum absolute atomic E-state index is 5.78. The Kier molecular flexibility index (Phi) is 4.51. The van der Waals surface area contributed by atoms with Crippen molar-refractivity contribution in [2.45, 2.75) is 32.1 Å². The molecule has 80 valence electrons. The zero-order chi connectivity index (χ0) is 7.95. The maximum Gasteiger partial charge on any atom is -0.00203 e. The highest BCUT2D eigenvalue weighted by atomic mass is 35.5. The SMILES string of the molecule is Cl.Cl.NCC12CCC(CN)(CC1)C2. The molecule has 4 N–H and O–H groups in total. The molecule has 0 saturated heterocycles. The summed E-state index contributed by atoms with van der Waals surface area (Å²) in [6.07, 6.45) is 6.65. The molecule has 0 atom stereocenters. The third-order valence-corrected chi connectivity index (χ3v) is 3.99. The van der Waals surface area contributed by atoms with Gasteiger partial charge in [0.2, 0.25) is 0 Å². The smallest absolute Gasteiger partial charge is 0.00203 e. The molecule has 0 unspecified atom stereocenters. The number of halogens is 2. The van der Waals surface area contributed by atoms with E-state index in [9.17, 15) is 0 Å². The van der Waals surface area contributed by atoms with E-state index in [-0.39, 0.29) is 24.8 Å². The van der Waals surface area contributed by atoms with E-state index < -0.39 is 0 Å². The van der Waals surface area contributed by atoms with Crippen LogP contribution in [-0.4, -0.2) is 13.1 Å². The van der Waals surface area contributed by atoms with Crippen LogP contribution >= 0.6 is 24.8 Å². The molecular formula is C9H20Cl2N2. The molecule has 2 fully saturated rings. The van der Waals surface area contributed by atoms with Gasteiger partial charge < -0.3 is 11.5 Å². The molecule has 0 aromatic rings. The number of nitrogens with two attached hydrogens (primary N) is 2. The highest BCUT2D eigenvalue weighted by Crippen LogP contribution is 2.60. The van der Waals surface area contributed by atoms with Gasteiger partial charge in [-0.25, -0.2) is 0 Å². The van der Waals surface area contributed by atoms with E-state index >= 15 is 0 Å². The quantitative estimate of drug-likeness (QED) is 0.754. The molecule has 2 rings (SSSR count). The highest BCUT2D eigenvalue weighted by Gasteiger charge is 2.52. The molecule has 4 heteroatoms. The standard InChI is InChI=1S/C9H18N2.2ClH/c10-6-8-1-2-9(5-8,7-11)4-3-8;;/h1-7,10-11H2;2*1H. The lowest BCUT2D eigenvalue weighted by molar-refractivity contribution is 0.285. The summed E-state index contributed by atoms with van der Waals surface area (Å²) in [7, 11) is 0. The number of fused-ring (bicyclic) bond motifs is 2. The summed E-state index contributed by atoms with van der Waals surface area (Å²) in [4.78, 5) is 0. The molecule has 2 bridgehead atoms. The Hall–Kier alpha value is 0.500. The molecule has 2 aliphatic rings. The van der Waals surface area contributed by atoms with Gasteiger partial charge in [-0.15, -0.1) is 24.8 Å². The van der Waals surface area contributed by atoms with Crippen molar-refractivity contribution in [3.63, 3.8) is 0 Å². The summed E-state index contributed by atoms with van der Waals surface area (Å²) in [5, 5.41) is 0. The van der Waals surface area contributed by atoms with E-state index in [0.717, 1.165) is 13.1 Å². The predicted molar refractivity (Wildman–Crippen MR) is 60.6 cm³/mol. The van der Waals surface area contributed by atoms with E-state index in [2.05, 4.69) is 0 Å². The normalized spacial score (nSPS) is 41.1. The van der Waals surface area contributed by atoms with Crippen molar-refractivity contribution < 1.29 is 0 Å². The monoisotopic (exact) mass is 226 g/mol. The third-order valence-electron chi connectivity index (χ3n) is 3.99. The van der Waals surface area contributed by atoms with Crippen LogP contribution in [0.5, 0.6) is 0 Å². The van der Waals surface area contributed by atoms with E-state index in [1.807, 2.05) is 0 Å². The summed E-state index contributed by atoms with van der Waals surface area (Å²) < 4.78 is 0. The topological polar surface area (TPSA) is 52.0 Å². The van der Waals surface area contributed by atoms with Gasteiger partial charge in [-0.05, 0) is 56.0 Å². The minimum absolute atomic E-state index is 0. The summed E-state index contributed by atoms with van der Waals surface area (Å²) in [6, 6.07) is 0. The first-order chi connectivity index (χ1) is 5.24. The molecule has 2 saturated carbocycles. The zero-order valence-electron chi connectivity index (χ0n) is 7.92. The molecule has 0 aromatic heterocycles. The highest BCUT2D eigenvalue weighted by molar-refractivity contribution is 5.85. The second-order valence-electron chi connectivity index (χ2n) is 4.59. The Morgan fingerprint density at radius 2 is 1.08 bits per heavy atom. The Morgan fingerprint density at radius 3 is 1.23 bits per heavy atom. The van der Waals surface area contributed by atoms with Crippen LogP contribution in [0.2, 0.25) is 0 Å². The number of hydrogen-bond acceptors (Lipinski definition) is 2. The van der Waals surface area contributed by atoms with Crippen LogP contribution in [0.1, 0.15) is 32.1 Å². The average Bonchev–Trinajstić information content (AvgIpc) is 2.61. The molecular weight excluding hydrogens is 207 g/mol. The summed E-state index contributed by atoms with van der Waals surface area (Å²) in [6.45, 7) is 1.77. The van der Waals surface area contributed by atoms with E-state index in [4.69, 9.17) is 11.5 Å². The fraction of sp³-hybridized carbons (Fsp3) is 1.00. The van der Waals surface area contributed by atoms with Gasteiger partial charge in [0.15, 0.2) is 0 Å². The average molecular weight is 227 g/mol. The lowest BCUT2D eigenvalue weighted by Crippen LogP contribution is -2.25. The first-order valence-electron chi connectivity index (χ1n) is 4.64. The Balaban J connectivity index is 0.000000720. The molecule has 0 amide bonds. The van der Waals surface area contributed by atoms with Gasteiger partial charge in [0.25, 0.3) is 0 Å². The van der Waals surface area contributed by atoms with Crippen LogP contribution in [0.4, 0.5) is 0 Å². The second-order valence-corrected chi connectivity index (χ2v) is 4.59. The van der Waals surface area contributed by atoms with Gasteiger partial charge in [-0.3, -0.25) is 0 Å². The van der Waals surface area contributed by atoms with Crippen molar-refractivity contribution in [1.82, 2.24) is 0 Å². The third kappa shape index (κ3) is 1.96. The van der Waals surface area contributed by atoms with Gasteiger partial charge >= 0.3 is 0 Å². The van der Waals surface area contributed by atoms with E-state index in [1.54, 1.807) is 0 Å². The molecule has 0 aromatic carbocycles. The van der Waals surface area contributed by atoms with Crippen molar-refractivity contribution in [2.24, 2.45) is 22.3 Å². The van der Waals surface area contributed by atoms with Gasteiger partial charge in [0.05, 0.1) is 0 Å².